The first-order valence-electron chi connectivity index (χ1n) is 12.0. The third-order valence-electron chi connectivity index (χ3n) is 6.44. The number of benzene rings is 2. The highest BCUT2D eigenvalue weighted by atomic mass is 16.5. The summed E-state index contributed by atoms with van der Waals surface area (Å²) in [4.78, 5) is 15.2. The van der Waals surface area contributed by atoms with Gasteiger partial charge in [0.15, 0.2) is 0 Å². The molecule has 2 fully saturated rings. The molecule has 2 heterocycles. The number of ether oxygens (including phenoxy) is 3. The summed E-state index contributed by atoms with van der Waals surface area (Å²) >= 11 is 0. The number of carbonyl (C=O) groups is 1. The third-order valence-corrected chi connectivity index (χ3v) is 6.44. The van der Waals surface area contributed by atoms with Crippen LogP contribution in [0, 0.1) is 5.92 Å². The van der Waals surface area contributed by atoms with E-state index in [0.717, 1.165) is 54.9 Å². The van der Waals surface area contributed by atoms with E-state index in [4.69, 9.17) is 19.3 Å². The maximum Gasteiger partial charge on any atom is 0.226 e. The van der Waals surface area contributed by atoms with Crippen molar-refractivity contribution in [2.75, 3.05) is 20.3 Å². The molecule has 1 saturated heterocycles. The monoisotopic (exact) mass is 461 g/mol. The van der Waals surface area contributed by atoms with Gasteiger partial charge >= 0.3 is 0 Å². The fourth-order valence-corrected chi connectivity index (χ4v) is 4.45. The van der Waals surface area contributed by atoms with Gasteiger partial charge in [0.05, 0.1) is 25.3 Å². The molecule has 1 atom stereocenters. The summed E-state index contributed by atoms with van der Waals surface area (Å²) in [5.41, 5.74) is 2.72. The van der Waals surface area contributed by atoms with Crippen molar-refractivity contribution in [1.29, 1.82) is 0 Å². The first-order valence-corrected chi connectivity index (χ1v) is 12.0. The van der Waals surface area contributed by atoms with Crippen LogP contribution in [0.1, 0.15) is 31.2 Å². The lowest BCUT2D eigenvalue weighted by Crippen LogP contribution is -2.38. The summed E-state index contributed by atoms with van der Waals surface area (Å²) in [6.45, 7) is 1.79. The highest BCUT2D eigenvalue weighted by Gasteiger charge is 2.36. The van der Waals surface area contributed by atoms with Crippen LogP contribution >= 0.6 is 0 Å². The molecule has 7 heteroatoms. The number of carbonyl (C=O) groups excluding carboxylic acids is 1. The van der Waals surface area contributed by atoms with Gasteiger partial charge in [0.2, 0.25) is 11.8 Å². The average Bonchev–Trinajstić information content (AvgIpc) is 3.52. The Bertz CT molecular complexity index is 1120. The summed E-state index contributed by atoms with van der Waals surface area (Å²) in [5, 5.41) is 4.81. The van der Waals surface area contributed by atoms with Crippen molar-refractivity contribution < 1.29 is 19.0 Å². The predicted octanol–water partition coefficient (Wildman–Crippen LogP) is 4.81. The smallest absolute Gasteiger partial charge is 0.226 e. The minimum atomic E-state index is 0.0884. The Morgan fingerprint density at radius 1 is 1.09 bits per heavy atom. The molecule has 1 saturated carbocycles. The summed E-state index contributed by atoms with van der Waals surface area (Å²) in [5.74, 6) is 2.41. The number of hydrogen-bond donors (Lipinski definition) is 0. The van der Waals surface area contributed by atoms with E-state index < -0.39 is 0 Å². The first kappa shape index (κ1) is 22.5. The molecule has 2 aromatic carbocycles. The summed E-state index contributed by atoms with van der Waals surface area (Å²) in [6.07, 6.45) is 4.06. The van der Waals surface area contributed by atoms with Crippen molar-refractivity contribution >= 4 is 5.91 Å². The van der Waals surface area contributed by atoms with Crippen LogP contribution in [0.15, 0.2) is 54.6 Å². The van der Waals surface area contributed by atoms with Crippen LogP contribution in [0.25, 0.3) is 11.3 Å². The van der Waals surface area contributed by atoms with Crippen LogP contribution in [0.5, 0.6) is 17.4 Å². The molecule has 1 amide bonds. The minimum Gasteiger partial charge on any atom is -0.497 e. The number of nitrogens with zero attached hydrogens (tertiary/aromatic N) is 3. The Hall–Kier alpha value is -3.32. The predicted molar refractivity (Wildman–Crippen MR) is 129 cm³/mol. The molecule has 1 aliphatic heterocycles. The molecule has 0 N–H and O–H groups in total. The molecule has 0 bridgehead atoms. The maximum atomic E-state index is 13.3. The van der Waals surface area contributed by atoms with Gasteiger partial charge in [-0.05, 0) is 49.9 Å². The molecular formula is C27H31N3O4. The number of hydrogen-bond acceptors (Lipinski definition) is 5. The van der Waals surface area contributed by atoms with E-state index in [0.29, 0.717) is 24.7 Å². The summed E-state index contributed by atoms with van der Waals surface area (Å²) in [6, 6.07) is 17.5. The quantitative estimate of drug-likeness (QED) is 0.458. The highest BCUT2D eigenvalue weighted by Crippen LogP contribution is 2.37. The molecular weight excluding hydrogens is 430 g/mol. The summed E-state index contributed by atoms with van der Waals surface area (Å²) in [7, 11) is 3.52. The Balaban J connectivity index is 1.50. The van der Waals surface area contributed by atoms with Gasteiger partial charge in [-0.25, -0.2) is 4.68 Å². The zero-order valence-corrected chi connectivity index (χ0v) is 19.8. The molecule has 1 aliphatic carbocycles. The van der Waals surface area contributed by atoms with Crippen molar-refractivity contribution in [3.63, 3.8) is 0 Å². The lowest BCUT2D eigenvalue weighted by atomic mass is 10.1. The van der Waals surface area contributed by atoms with Crippen LogP contribution in [-0.2, 0) is 23.1 Å². The van der Waals surface area contributed by atoms with Crippen LogP contribution in [0.3, 0.4) is 0 Å². The highest BCUT2D eigenvalue weighted by molar-refractivity contribution is 5.81. The molecule has 1 aromatic heterocycles. The van der Waals surface area contributed by atoms with Gasteiger partial charge in [0, 0.05) is 31.7 Å². The van der Waals surface area contributed by atoms with E-state index in [1.165, 1.54) is 0 Å². The number of aryl methyl sites for hydroxylation is 1. The van der Waals surface area contributed by atoms with E-state index in [1.807, 2.05) is 66.5 Å². The van der Waals surface area contributed by atoms with Crippen molar-refractivity contribution in [3.8, 4) is 28.6 Å². The normalized spacial score (nSPS) is 17.5. The molecule has 34 heavy (non-hydrogen) atoms. The lowest BCUT2D eigenvalue weighted by Gasteiger charge is -2.26. The number of methoxy groups -OCH3 is 1. The topological polar surface area (TPSA) is 65.8 Å². The van der Waals surface area contributed by atoms with Crippen molar-refractivity contribution in [2.24, 2.45) is 13.0 Å². The van der Waals surface area contributed by atoms with Crippen molar-refractivity contribution in [1.82, 2.24) is 14.7 Å². The van der Waals surface area contributed by atoms with Gasteiger partial charge < -0.3 is 19.1 Å². The second-order valence-corrected chi connectivity index (χ2v) is 9.03. The molecule has 3 aromatic rings. The van der Waals surface area contributed by atoms with Crippen molar-refractivity contribution in [2.45, 2.75) is 38.3 Å². The zero-order chi connectivity index (χ0) is 23.5. The number of rotatable bonds is 9. The maximum absolute atomic E-state index is 13.3. The average molecular weight is 462 g/mol. The first-order chi connectivity index (χ1) is 16.6. The number of aromatic nitrogens is 2. The Labute approximate surface area is 200 Å². The molecule has 5 rings (SSSR count). The second-order valence-electron chi connectivity index (χ2n) is 9.03. The van der Waals surface area contributed by atoms with Crippen LogP contribution in [0.4, 0.5) is 0 Å². The lowest BCUT2D eigenvalue weighted by molar-refractivity contribution is -0.134. The zero-order valence-electron chi connectivity index (χ0n) is 19.8. The van der Waals surface area contributed by atoms with Gasteiger partial charge in [-0.1, -0.05) is 30.3 Å². The molecule has 0 radical (unpaired) electrons. The minimum absolute atomic E-state index is 0.0884. The molecule has 7 nitrogen and oxygen atoms in total. The van der Waals surface area contributed by atoms with Crippen molar-refractivity contribution in [3.05, 3.63) is 60.2 Å². The van der Waals surface area contributed by atoms with E-state index in [1.54, 1.807) is 11.8 Å². The van der Waals surface area contributed by atoms with E-state index in [-0.39, 0.29) is 17.9 Å². The van der Waals surface area contributed by atoms with Crippen LogP contribution in [0.2, 0.25) is 0 Å². The van der Waals surface area contributed by atoms with E-state index in [9.17, 15) is 4.79 Å². The standard InChI is InChI=1S/C27H31N3O4/c1-29-27(34-22-14-12-21(32-2)13-15-22)24(25(28-29)19-7-4-3-5-8-19)18-30(26(31)20-10-11-20)17-23-9-6-16-33-23/h3-5,7-8,12-15,20,23H,6,9-11,16-18H2,1-2H3/t23-/m1/s1. The Kier molecular flexibility index (Phi) is 6.54. The van der Waals surface area contributed by atoms with Gasteiger partial charge in [-0.15, -0.1) is 0 Å². The molecule has 0 unspecified atom stereocenters. The molecule has 0 spiro atoms. The fourth-order valence-electron chi connectivity index (χ4n) is 4.45. The Morgan fingerprint density at radius 2 is 1.82 bits per heavy atom. The van der Waals surface area contributed by atoms with Crippen LogP contribution < -0.4 is 9.47 Å². The summed E-state index contributed by atoms with van der Waals surface area (Å²) < 4.78 is 19.3. The second kappa shape index (κ2) is 9.89. The molecule has 2 aliphatic rings. The van der Waals surface area contributed by atoms with Gasteiger partial charge in [-0.3, -0.25) is 4.79 Å². The van der Waals surface area contributed by atoms with Gasteiger partial charge in [0.1, 0.15) is 17.2 Å². The van der Waals surface area contributed by atoms with E-state index in [2.05, 4.69) is 0 Å². The fraction of sp³-hybridized carbons (Fsp3) is 0.407. The van der Waals surface area contributed by atoms with Gasteiger partial charge in [0.25, 0.3) is 0 Å². The SMILES string of the molecule is COc1ccc(Oc2c(CN(C[C@H]3CCCO3)C(=O)C3CC3)c(-c3ccccc3)nn2C)cc1. The molecule has 178 valence electrons. The third kappa shape index (κ3) is 4.94. The van der Waals surface area contributed by atoms with Crippen LogP contribution in [-0.4, -0.2) is 47.0 Å². The van der Waals surface area contributed by atoms with E-state index >= 15 is 0 Å². The Morgan fingerprint density at radius 3 is 2.47 bits per heavy atom. The largest absolute Gasteiger partial charge is 0.497 e. The van der Waals surface area contributed by atoms with Gasteiger partial charge in [-0.2, -0.15) is 5.10 Å². The number of amides is 1.